The number of rotatable bonds is 7. The quantitative estimate of drug-likeness (QED) is 0.806. The van der Waals surface area contributed by atoms with E-state index in [1.807, 2.05) is 0 Å². The summed E-state index contributed by atoms with van der Waals surface area (Å²) in [7, 11) is 2.07. The van der Waals surface area contributed by atoms with Crippen molar-refractivity contribution in [1.29, 1.82) is 0 Å². The van der Waals surface area contributed by atoms with Crippen LogP contribution in [0.2, 0.25) is 0 Å². The average molecular weight is 260 g/mol. The highest BCUT2D eigenvalue weighted by Gasteiger charge is 2.29. The molecule has 0 spiro atoms. The summed E-state index contributed by atoms with van der Waals surface area (Å²) in [6, 6.07) is 10.4. The highest BCUT2D eigenvalue weighted by atomic mass is 15.2. The van der Waals surface area contributed by atoms with Gasteiger partial charge in [-0.1, -0.05) is 45.0 Å². The van der Waals surface area contributed by atoms with Crippen LogP contribution in [0.4, 0.5) is 0 Å². The highest BCUT2D eigenvalue weighted by molar-refractivity contribution is 5.27. The number of benzene rings is 1. The van der Waals surface area contributed by atoms with Crippen LogP contribution < -0.4 is 5.32 Å². The fourth-order valence-corrected chi connectivity index (χ4v) is 2.69. The molecule has 2 nitrogen and oxygen atoms in total. The van der Waals surface area contributed by atoms with E-state index < -0.39 is 0 Å². The van der Waals surface area contributed by atoms with Crippen molar-refractivity contribution in [1.82, 2.24) is 10.2 Å². The molecule has 0 heterocycles. The lowest BCUT2D eigenvalue weighted by Crippen LogP contribution is -2.35. The van der Waals surface area contributed by atoms with Crippen LogP contribution in [0.15, 0.2) is 24.3 Å². The smallest absolute Gasteiger partial charge is 0.0446 e. The van der Waals surface area contributed by atoms with Crippen molar-refractivity contribution < 1.29 is 0 Å². The molecule has 0 radical (unpaired) electrons. The number of nitrogens with one attached hydrogen (secondary N) is 1. The molecule has 1 N–H and O–H groups in total. The molecule has 1 fully saturated rings. The molecule has 1 aliphatic rings. The minimum Gasteiger partial charge on any atom is -0.312 e. The first-order valence-corrected chi connectivity index (χ1v) is 7.66. The van der Waals surface area contributed by atoms with E-state index in [1.165, 1.54) is 24.0 Å². The van der Waals surface area contributed by atoms with E-state index in [1.54, 1.807) is 0 Å². The molecular weight excluding hydrogens is 232 g/mol. The number of hydrogen-bond donors (Lipinski definition) is 1. The Morgan fingerprint density at radius 2 is 1.74 bits per heavy atom. The zero-order valence-electron chi connectivity index (χ0n) is 12.8. The SMILES string of the molecule is CCN(CC(NC)c1ccc(C(C)C)cc1)C1CC1. The Kier molecular flexibility index (Phi) is 5.00. The van der Waals surface area contributed by atoms with E-state index in [2.05, 4.69) is 62.3 Å². The van der Waals surface area contributed by atoms with Gasteiger partial charge in [0.05, 0.1) is 0 Å². The molecule has 0 saturated heterocycles. The van der Waals surface area contributed by atoms with Crippen LogP contribution in [0.3, 0.4) is 0 Å². The molecule has 0 aliphatic heterocycles. The second-order valence-electron chi connectivity index (χ2n) is 5.98. The summed E-state index contributed by atoms with van der Waals surface area (Å²) in [6.07, 6.45) is 2.77. The van der Waals surface area contributed by atoms with Crippen LogP contribution in [0.1, 0.15) is 56.7 Å². The van der Waals surface area contributed by atoms with E-state index >= 15 is 0 Å². The molecule has 1 unspecified atom stereocenters. The molecule has 0 bridgehead atoms. The van der Waals surface area contributed by atoms with Crippen LogP contribution >= 0.6 is 0 Å². The van der Waals surface area contributed by atoms with Crippen molar-refractivity contribution in [2.75, 3.05) is 20.1 Å². The zero-order valence-corrected chi connectivity index (χ0v) is 12.8. The fourth-order valence-electron chi connectivity index (χ4n) is 2.69. The summed E-state index contributed by atoms with van der Waals surface area (Å²) < 4.78 is 0. The maximum absolute atomic E-state index is 3.47. The zero-order chi connectivity index (χ0) is 13.8. The van der Waals surface area contributed by atoms with Crippen molar-refractivity contribution in [3.63, 3.8) is 0 Å². The Morgan fingerprint density at radius 1 is 1.16 bits per heavy atom. The molecule has 0 amide bonds. The molecule has 106 valence electrons. The summed E-state index contributed by atoms with van der Waals surface area (Å²) in [5.74, 6) is 0.612. The van der Waals surface area contributed by atoms with Crippen LogP contribution in [0.5, 0.6) is 0 Å². The molecule has 0 aromatic heterocycles. The molecule has 1 saturated carbocycles. The normalized spacial score (nSPS) is 17.2. The molecule has 19 heavy (non-hydrogen) atoms. The average Bonchev–Trinajstić information content (AvgIpc) is 3.25. The van der Waals surface area contributed by atoms with E-state index in [9.17, 15) is 0 Å². The molecule has 1 atom stereocenters. The van der Waals surface area contributed by atoms with Crippen molar-refractivity contribution in [3.05, 3.63) is 35.4 Å². The summed E-state index contributed by atoms with van der Waals surface area (Å²) in [5, 5.41) is 3.47. The van der Waals surface area contributed by atoms with Crippen molar-refractivity contribution >= 4 is 0 Å². The Morgan fingerprint density at radius 3 is 2.16 bits per heavy atom. The minimum absolute atomic E-state index is 0.446. The first-order chi connectivity index (χ1) is 9.15. The Labute approximate surface area is 118 Å². The van der Waals surface area contributed by atoms with Crippen molar-refractivity contribution in [2.45, 2.75) is 51.6 Å². The van der Waals surface area contributed by atoms with Gasteiger partial charge in [0, 0.05) is 18.6 Å². The predicted molar refractivity (Wildman–Crippen MR) is 82.6 cm³/mol. The third-order valence-corrected chi connectivity index (χ3v) is 4.24. The third-order valence-electron chi connectivity index (χ3n) is 4.24. The van der Waals surface area contributed by atoms with Gasteiger partial charge in [0.1, 0.15) is 0 Å². The summed E-state index contributed by atoms with van der Waals surface area (Å²) in [5.41, 5.74) is 2.83. The van der Waals surface area contributed by atoms with Gasteiger partial charge in [-0.05, 0) is 43.5 Å². The molecule has 2 rings (SSSR count). The lowest BCUT2D eigenvalue weighted by molar-refractivity contribution is 0.248. The molecule has 1 aromatic rings. The molecule has 1 aliphatic carbocycles. The summed E-state index contributed by atoms with van der Waals surface area (Å²) in [4.78, 5) is 2.61. The predicted octanol–water partition coefficient (Wildman–Crippen LogP) is 3.55. The first kappa shape index (κ1) is 14.5. The minimum atomic E-state index is 0.446. The lowest BCUT2D eigenvalue weighted by Gasteiger charge is -2.26. The van der Waals surface area contributed by atoms with Crippen LogP contribution in [-0.2, 0) is 0 Å². The maximum atomic E-state index is 3.47. The Balaban J connectivity index is 2.03. The van der Waals surface area contributed by atoms with Crippen LogP contribution in [0.25, 0.3) is 0 Å². The van der Waals surface area contributed by atoms with E-state index in [0.29, 0.717) is 12.0 Å². The topological polar surface area (TPSA) is 15.3 Å². The third kappa shape index (κ3) is 3.80. The Hall–Kier alpha value is -0.860. The van der Waals surface area contributed by atoms with E-state index in [-0.39, 0.29) is 0 Å². The maximum Gasteiger partial charge on any atom is 0.0446 e. The fraction of sp³-hybridized carbons (Fsp3) is 0.647. The largest absolute Gasteiger partial charge is 0.312 e. The number of likely N-dealkylation sites (N-methyl/N-ethyl adjacent to an activating group) is 2. The van der Waals surface area contributed by atoms with Gasteiger partial charge < -0.3 is 5.32 Å². The summed E-state index contributed by atoms with van der Waals surface area (Å²) in [6.45, 7) is 9.05. The van der Waals surface area contributed by atoms with Crippen LogP contribution in [0, 0.1) is 0 Å². The van der Waals surface area contributed by atoms with Gasteiger partial charge in [-0.2, -0.15) is 0 Å². The Bertz CT molecular complexity index is 379. The van der Waals surface area contributed by atoms with Gasteiger partial charge in [-0.15, -0.1) is 0 Å². The first-order valence-electron chi connectivity index (χ1n) is 7.66. The molecule has 1 aromatic carbocycles. The van der Waals surface area contributed by atoms with Crippen molar-refractivity contribution in [2.24, 2.45) is 0 Å². The molecular formula is C17H28N2. The standard InChI is InChI=1S/C17H28N2/c1-5-19(16-10-11-16)12-17(18-4)15-8-6-14(7-9-15)13(2)3/h6-9,13,16-18H,5,10-12H2,1-4H3. The van der Waals surface area contributed by atoms with Gasteiger partial charge in [0.2, 0.25) is 0 Å². The number of nitrogens with zero attached hydrogens (tertiary/aromatic N) is 1. The second kappa shape index (κ2) is 6.53. The van der Waals surface area contributed by atoms with Gasteiger partial charge in [-0.25, -0.2) is 0 Å². The van der Waals surface area contributed by atoms with E-state index in [4.69, 9.17) is 0 Å². The second-order valence-corrected chi connectivity index (χ2v) is 5.98. The lowest BCUT2D eigenvalue weighted by atomic mass is 9.99. The monoisotopic (exact) mass is 260 g/mol. The summed E-state index contributed by atoms with van der Waals surface area (Å²) >= 11 is 0. The van der Waals surface area contributed by atoms with Gasteiger partial charge in [0.15, 0.2) is 0 Å². The molecule has 2 heteroatoms. The number of hydrogen-bond acceptors (Lipinski definition) is 2. The highest BCUT2D eigenvalue weighted by Crippen LogP contribution is 2.28. The van der Waals surface area contributed by atoms with Gasteiger partial charge in [-0.3, -0.25) is 4.90 Å². The van der Waals surface area contributed by atoms with Gasteiger partial charge >= 0.3 is 0 Å². The van der Waals surface area contributed by atoms with Crippen molar-refractivity contribution in [3.8, 4) is 0 Å². The van der Waals surface area contributed by atoms with Crippen LogP contribution in [-0.4, -0.2) is 31.1 Å². The van der Waals surface area contributed by atoms with E-state index in [0.717, 1.165) is 19.1 Å². The van der Waals surface area contributed by atoms with Gasteiger partial charge in [0.25, 0.3) is 0 Å².